The Morgan fingerprint density at radius 1 is 0.955 bits per heavy atom. The molecule has 0 aliphatic heterocycles. The van der Waals surface area contributed by atoms with Crippen molar-refractivity contribution in [2.24, 2.45) is 0 Å². The van der Waals surface area contributed by atoms with Crippen molar-refractivity contribution in [2.75, 3.05) is 10.8 Å². The van der Waals surface area contributed by atoms with Crippen LogP contribution in [-0.4, -0.2) is 43.8 Å². The van der Waals surface area contributed by atoms with E-state index in [1.165, 1.54) is 29.2 Å². The van der Waals surface area contributed by atoms with E-state index in [2.05, 4.69) is 5.32 Å². The van der Waals surface area contributed by atoms with Gasteiger partial charge in [0.15, 0.2) is 0 Å². The number of sulfonamides is 1. The Morgan fingerprint density at radius 3 is 2.18 bits per heavy atom. The minimum Gasteiger partial charge on any atom is -0.352 e. The van der Waals surface area contributed by atoms with Gasteiger partial charge in [-0.1, -0.05) is 66.9 Å². The number of benzene rings is 3. The van der Waals surface area contributed by atoms with Gasteiger partial charge in [0.05, 0.1) is 16.1 Å². The van der Waals surface area contributed by atoms with Gasteiger partial charge in [0.25, 0.3) is 10.0 Å². The molecule has 0 heterocycles. The van der Waals surface area contributed by atoms with Gasteiger partial charge in [0.2, 0.25) is 11.8 Å². The van der Waals surface area contributed by atoms with E-state index in [1.54, 1.807) is 45.0 Å². The lowest BCUT2D eigenvalue weighted by atomic mass is 10.1. The fraction of sp³-hybridized carbons (Fsp3) is 0.355. The van der Waals surface area contributed by atoms with Crippen LogP contribution in [-0.2, 0) is 32.3 Å². The first-order valence-electron chi connectivity index (χ1n) is 13.9. The van der Waals surface area contributed by atoms with Gasteiger partial charge >= 0.3 is 6.18 Å². The molecule has 2 amide bonds. The molecule has 0 saturated heterocycles. The SMILES string of the molecule is CC[C@@H](C)NC(=O)[C@H](CC)N(Cc1ccc(Cl)cc1Cl)C(=O)CN(c1cccc(C(F)(F)F)c1)S(=O)(=O)c1ccc(C)cc1. The summed E-state index contributed by atoms with van der Waals surface area (Å²) in [6, 6.07) is 12.8. The molecule has 0 saturated carbocycles. The van der Waals surface area contributed by atoms with Gasteiger partial charge in [-0.3, -0.25) is 13.9 Å². The Hall–Kier alpha value is -3.28. The van der Waals surface area contributed by atoms with Crippen LogP contribution in [0.3, 0.4) is 0 Å². The van der Waals surface area contributed by atoms with Gasteiger partial charge in [0, 0.05) is 22.6 Å². The maximum atomic E-state index is 14.1. The highest BCUT2D eigenvalue weighted by Crippen LogP contribution is 2.34. The normalized spacial score (nSPS) is 13.2. The number of anilines is 1. The van der Waals surface area contributed by atoms with E-state index >= 15 is 0 Å². The quantitative estimate of drug-likeness (QED) is 0.220. The van der Waals surface area contributed by atoms with E-state index in [9.17, 15) is 31.2 Å². The zero-order valence-electron chi connectivity index (χ0n) is 24.7. The largest absolute Gasteiger partial charge is 0.416 e. The van der Waals surface area contributed by atoms with E-state index in [0.717, 1.165) is 17.7 Å². The highest BCUT2D eigenvalue weighted by atomic mass is 35.5. The number of hydrogen-bond acceptors (Lipinski definition) is 4. The molecular formula is C31H34Cl2F3N3O4S. The molecule has 13 heteroatoms. The number of carbonyl (C=O) groups is 2. The fourth-order valence-corrected chi connectivity index (χ4v) is 6.27. The predicted octanol–water partition coefficient (Wildman–Crippen LogP) is 7.24. The van der Waals surface area contributed by atoms with Crippen molar-refractivity contribution < 1.29 is 31.2 Å². The average molecular weight is 673 g/mol. The lowest BCUT2D eigenvalue weighted by molar-refractivity contribution is -0.140. The summed E-state index contributed by atoms with van der Waals surface area (Å²) in [6.07, 6.45) is -3.98. The number of halogens is 5. The topological polar surface area (TPSA) is 86.8 Å². The maximum Gasteiger partial charge on any atom is 0.416 e. The molecule has 0 spiro atoms. The lowest BCUT2D eigenvalue weighted by Gasteiger charge is -2.34. The molecule has 2 atom stereocenters. The Morgan fingerprint density at radius 2 is 1.61 bits per heavy atom. The number of amides is 2. The van der Waals surface area contributed by atoms with Crippen molar-refractivity contribution in [1.82, 2.24) is 10.2 Å². The van der Waals surface area contributed by atoms with Crippen LogP contribution in [0.2, 0.25) is 10.0 Å². The first-order valence-corrected chi connectivity index (χ1v) is 16.1. The standard InChI is InChI=1S/C31H34Cl2F3N3O4S/c1-5-21(4)37-30(41)28(6-2)38(18-22-12-13-24(32)17-27(22)33)29(40)19-39(25-9-7-8-23(16-25)31(34,35)36)44(42,43)26-14-10-20(3)11-15-26/h7-17,21,28H,5-6,18-19H2,1-4H3,(H,37,41)/t21-,28+/m1/s1. The minimum absolute atomic E-state index is 0.160. The third-order valence-corrected chi connectivity index (χ3v) is 9.47. The van der Waals surface area contributed by atoms with Crippen molar-refractivity contribution in [2.45, 2.75) is 70.2 Å². The summed E-state index contributed by atoms with van der Waals surface area (Å²) in [5.41, 5.74) is -0.257. The van der Waals surface area contributed by atoms with E-state index in [-0.39, 0.29) is 34.6 Å². The van der Waals surface area contributed by atoms with Gasteiger partial charge < -0.3 is 10.2 Å². The molecular weight excluding hydrogens is 638 g/mol. The molecule has 0 aliphatic rings. The highest BCUT2D eigenvalue weighted by molar-refractivity contribution is 7.92. The summed E-state index contributed by atoms with van der Waals surface area (Å²) in [4.78, 5) is 28.5. The first-order chi connectivity index (χ1) is 20.6. The zero-order valence-corrected chi connectivity index (χ0v) is 27.0. The second kappa shape index (κ2) is 14.7. The molecule has 7 nitrogen and oxygen atoms in total. The van der Waals surface area contributed by atoms with Gasteiger partial charge in [-0.2, -0.15) is 13.2 Å². The molecule has 0 fully saturated rings. The third kappa shape index (κ3) is 8.67. The Labute approximate surface area is 266 Å². The van der Waals surface area contributed by atoms with E-state index in [4.69, 9.17) is 23.2 Å². The molecule has 0 unspecified atom stereocenters. The van der Waals surface area contributed by atoms with Crippen LogP contribution >= 0.6 is 23.2 Å². The van der Waals surface area contributed by atoms with Crippen LogP contribution in [0.15, 0.2) is 71.6 Å². The molecule has 3 rings (SSSR count). The van der Waals surface area contributed by atoms with Crippen molar-refractivity contribution in [3.8, 4) is 0 Å². The van der Waals surface area contributed by atoms with Crippen LogP contribution in [0.5, 0.6) is 0 Å². The Balaban J connectivity index is 2.14. The predicted molar refractivity (Wildman–Crippen MR) is 166 cm³/mol. The smallest absolute Gasteiger partial charge is 0.352 e. The number of rotatable bonds is 12. The van der Waals surface area contributed by atoms with Crippen molar-refractivity contribution in [3.63, 3.8) is 0 Å². The summed E-state index contributed by atoms with van der Waals surface area (Å²) in [5, 5.41) is 3.41. The maximum absolute atomic E-state index is 14.1. The number of nitrogens with one attached hydrogen (secondary N) is 1. The van der Waals surface area contributed by atoms with Crippen LogP contribution in [0.4, 0.5) is 18.9 Å². The highest BCUT2D eigenvalue weighted by Gasteiger charge is 2.36. The number of aryl methyl sites for hydroxylation is 1. The van der Waals surface area contributed by atoms with Gasteiger partial charge in [-0.25, -0.2) is 8.42 Å². The fourth-order valence-electron chi connectivity index (χ4n) is 4.40. The van der Waals surface area contributed by atoms with Crippen molar-refractivity contribution in [3.05, 3.63) is 93.5 Å². The number of nitrogens with zero attached hydrogens (tertiary/aromatic N) is 2. The van der Waals surface area contributed by atoms with Gasteiger partial charge in [-0.15, -0.1) is 0 Å². The molecule has 0 bridgehead atoms. The van der Waals surface area contributed by atoms with Crippen LogP contribution < -0.4 is 9.62 Å². The summed E-state index contributed by atoms with van der Waals surface area (Å²) in [5.74, 6) is -1.29. The molecule has 44 heavy (non-hydrogen) atoms. The lowest BCUT2D eigenvalue weighted by Crippen LogP contribution is -2.53. The molecule has 3 aromatic carbocycles. The second-order valence-electron chi connectivity index (χ2n) is 10.4. The molecule has 1 N–H and O–H groups in total. The van der Waals surface area contributed by atoms with Crippen LogP contribution in [0, 0.1) is 6.92 Å². The molecule has 238 valence electrons. The van der Waals surface area contributed by atoms with Crippen LogP contribution in [0.25, 0.3) is 0 Å². The first kappa shape index (κ1) is 35.2. The van der Waals surface area contributed by atoms with E-state index in [0.29, 0.717) is 27.4 Å². The van der Waals surface area contributed by atoms with Crippen LogP contribution in [0.1, 0.15) is 50.3 Å². The number of alkyl halides is 3. The summed E-state index contributed by atoms with van der Waals surface area (Å²) < 4.78 is 69.5. The molecule has 0 aliphatic carbocycles. The molecule has 0 radical (unpaired) electrons. The molecule has 3 aromatic rings. The number of hydrogen-bond donors (Lipinski definition) is 1. The molecule has 0 aromatic heterocycles. The monoisotopic (exact) mass is 671 g/mol. The summed E-state index contributed by atoms with van der Waals surface area (Å²) in [7, 11) is -4.55. The minimum atomic E-state index is -4.77. The Kier molecular flexibility index (Phi) is 11.7. The van der Waals surface area contributed by atoms with Gasteiger partial charge in [-0.05, 0) is 74.7 Å². The summed E-state index contributed by atoms with van der Waals surface area (Å²) >= 11 is 12.5. The summed E-state index contributed by atoms with van der Waals surface area (Å²) in [6.45, 7) is 6.04. The second-order valence-corrected chi connectivity index (χ2v) is 13.1. The van der Waals surface area contributed by atoms with Crippen molar-refractivity contribution >= 4 is 50.7 Å². The van der Waals surface area contributed by atoms with E-state index < -0.39 is 46.2 Å². The Bertz CT molecular complexity index is 1580. The average Bonchev–Trinajstić information content (AvgIpc) is 2.96. The van der Waals surface area contributed by atoms with Gasteiger partial charge in [0.1, 0.15) is 12.6 Å². The van der Waals surface area contributed by atoms with E-state index in [1.807, 2.05) is 6.92 Å². The zero-order chi connectivity index (χ0) is 32.8. The number of carbonyl (C=O) groups excluding carboxylic acids is 2. The van der Waals surface area contributed by atoms with Crippen molar-refractivity contribution in [1.29, 1.82) is 0 Å². The third-order valence-electron chi connectivity index (χ3n) is 7.09.